The van der Waals surface area contributed by atoms with Crippen molar-refractivity contribution in [1.29, 1.82) is 0 Å². The first-order valence-corrected chi connectivity index (χ1v) is 5.92. The Morgan fingerprint density at radius 3 is 2.93 bits per heavy atom. The van der Waals surface area contributed by atoms with Crippen LogP contribution in [0.15, 0.2) is 0 Å². The van der Waals surface area contributed by atoms with Crippen molar-refractivity contribution in [2.75, 3.05) is 19.6 Å². The molecule has 1 rings (SSSR count). The summed E-state index contributed by atoms with van der Waals surface area (Å²) in [4.78, 5) is 13.9. The number of unbranched alkanes of at least 4 members (excludes halogenated alkanes) is 1. The minimum absolute atomic E-state index is 0.0320. The van der Waals surface area contributed by atoms with Crippen LogP contribution in [0.25, 0.3) is 0 Å². The zero-order valence-corrected chi connectivity index (χ0v) is 9.83. The lowest BCUT2D eigenvalue weighted by molar-refractivity contribution is -0.125. The summed E-state index contributed by atoms with van der Waals surface area (Å²) in [5.74, 6) is 0.137. The van der Waals surface area contributed by atoms with E-state index in [0.29, 0.717) is 0 Å². The zero-order chi connectivity index (χ0) is 11.3. The van der Waals surface area contributed by atoms with E-state index in [1.165, 1.54) is 0 Å². The van der Waals surface area contributed by atoms with E-state index < -0.39 is 0 Å². The first-order chi connectivity index (χ1) is 7.15. The number of carbonyl (C=O) groups excluding carboxylic acids is 1. The first kappa shape index (κ1) is 12.5. The monoisotopic (exact) mass is 213 g/mol. The summed E-state index contributed by atoms with van der Waals surface area (Å²) in [7, 11) is 0. The molecule has 4 heteroatoms. The molecule has 0 bridgehead atoms. The van der Waals surface area contributed by atoms with E-state index in [2.05, 4.69) is 17.1 Å². The third-order valence-electron chi connectivity index (χ3n) is 3.01. The Morgan fingerprint density at radius 1 is 1.67 bits per heavy atom. The van der Waals surface area contributed by atoms with Crippen molar-refractivity contribution in [1.82, 2.24) is 10.2 Å². The van der Waals surface area contributed by atoms with Crippen LogP contribution < -0.4 is 11.1 Å². The van der Waals surface area contributed by atoms with Crippen molar-refractivity contribution >= 4 is 5.91 Å². The van der Waals surface area contributed by atoms with E-state index in [1.54, 1.807) is 0 Å². The molecule has 15 heavy (non-hydrogen) atoms. The molecule has 4 nitrogen and oxygen atoms in total. The SMILES string of the molecule is CCCCNC(=O)C(C)N1CCC(N)C1. The molecule has 1 amide bonds. The summed E-state index contributed by atoms with van der Waals surface area (Å²) in [5.41, 5.74) is 5.81. The molecule has 3 N–H and O–H groups in total. The van der Waals surface area contributed by atoms with Crippen LogP contribution in [-0.4, -0.2) is 42.5 Å². The summed E-state index contributed by atoms with van der Waals surface area (Å²) in [6, 6.07) is 0.214. The van der Waals surface area contributed by atoms with Crippen LogP contribution in [-0.2, 0) is 4.79 Å². The molecule has 1 heterocycles. The van der Waals surface area contributed by atoms with E-state index in [4.69, 9.17) is 5.73 Å². The predicted octanol–water partition coefficient (Wildman–Crippen LogP) is 0.324. The number of carbonyl (C=O) groups is 1. The van der Waals surface area contributed by atoms with Crippen LogP contribution in [0.3, 0.4) is 0 Å². The van der Waals surface area contributed by atoms with Gasteiger partial charge in [-0.15, -0.1) is 0 Å². The largest absolute Gasteiger partial charge is 0.355 e. The number of hydrogen-bond acceptors (Lipinski definition) is 3. The van der Waals surface area contributed by atoms with E-state index in [9.17, 15) is 4.79 Å². The van der Waals surface area contributed by atoms with Gasteiger partial charge in [0.15, 0.2) is 0 Å². The number of amides is 1. The van der Waals surface area contributed by atoms with Crippen LogP contribution in [0.5, 0.6) is 0 Å². The van der Waals surface area contributed by atoms with Crippen molar-refractivity contribution in [2.24, 2.45) is 5.73 Å². The molecule has 88 valence electrons. The second kappa shape index (κ2) is 6.08. The molecule has 0 aromatic carbocycles. The second-order valence-corrected chi connectivity index (χ2v) is 4.36. The van der Waals surface area contributed by atoms with Crippen molar-refractivity contribution in [3.05, 3.63) is 0 Å². The van der Waals surface area contributed by atoms with Crippen molar-refractivity contribution in [2.45, 2.75) is 45.2 Å². The van der Waals surface area contributed by atoms with Crippen molar-refractivity contribution in [3.63, 3.8) is 0 Å². The van der Waals surface area contributed by atoms with Gasteiger partial charge in [-0.1, -0.05) is 13.3 Å². The molecule has 1 aliphatic heterocycles. The molecule has 0 radical (unpaired) electrons. The van der Waals surface area contributed by atoms with Gasteiger partial charge in [0.2, 0.25) is 5.91 Å². The average Bonchev–Trinajstić information content (AvgIpc) is 2.64. The van der Waals surface area contributed by atoms with Gasteiger partial charge in [0.1, 0.15) is 0 Å². The second-order valence-electron chi connectivity index (χ2n) is 4.36. The maximum Gasteiger partial charge on any atom is 0.237 e. The molecule has 0 spiro atoms. The molecule has 2 atom stereocenters. The Hall–Kier alpha value is -0.610. The van der Waals surface area contributed by atoms with Gasteiger partial charge in [-0.05, 0) is 19.8 Å². The normalized spacial score (nSPS) is 24.1. The molecular weight excluding hydrogens is 190 g/mol. The fourth-order valence-electron chi connectivity index (χ4n) is 1.87. The van der Waals surface area contributed by atoms with Gasteiger partial charge >= 0.3 is 0 Å². The van der Waals surface area contributed by atoms with Crippen LogP contribution in [0.4, 0.5) is 0 Å². The minimum Gasteiger partial charge on any atom is -0.355 e. The highest BCUT2D eigenvalue weighted by molar-refractivity contribution is 5.81. The van der Waals surface area contributed by atoms with Crippen molar-refractivity contribution < 1.29 is 4.79 Å². The highest BCUT2D eigenvalue weighted by Gasteiger charge is 2.27. The molecule has 1 fully saturated rings. The quantitative estimate of drug-likeness (QED) is 0.647. The van der Waals surface area contributed by atoms with Gasteiger partial charge in [0.25, 0.3) is 0 Å². The standard InChI is InChI=1S/C11H23N3O/c1-3-4-6-13-11(15)9(2)14-7-5-10(12)8-14/h9-10H,3-8,12H2,1-2H3,(H,13,15). The Labute approximate surface area is 92.2 Å². The summed E-state index contributed by atoms with van der Waals surface area (Å²) in [6.07, 6.45) is 3.17. The Morgan fingerprint density at radius 2 is 2.40 bits per heavy atom. The number of nitrogens with zero attached hydrogens (tertiary/aromatic N) is 1. The smallest absolute Gasteiger partial charge is 0.237 e. The third-order valence-corrected chi connectivity index (χ3v) is 3.01. The van der Waals surface area contributed by atoms with E-state index >= 15 is 0 Å². The number of nitrogens with two attached hydrogens (primary N) is 1. The van der Waals surface area contributed by atoms with Crippen LogP contribution in [0.2, 0.25) is 0 Å². The predicted molar refractivity (Wildman–Crippen MR) is 61.5 cm³/mol. The fourth-order valence-corrected chi connectivity index (χ4v) is 1.87. The number of hydrogen-bond donors (Lipinski definition) is 2. The van der Waals surface area contributed by atoms with Crippen LogP contribution in [0, 0.1) is 0 Å². The molecule has 1 saturated heterocycles. The van der Waals surface area contributed by atoms with Gasteiger partial charge in [-0.2, -0.15) is 0 Å². The summed E-state index contributed by atoms with van der Waals surface area (Å²) < 4.78 is 0. The van der Waals surface area contributed by atoms with Crippen molar-refractivity contribution in [3.8, 4) is 0 Å². The van der Waals surface area contributed by atoms with Gasteiger partial charge in [-0.25, -0.2) is 0 Å². The lowest BCUT2D eigenvalue weighted by atomic mass is 10.2. The van der Waals surface area contributed by atoms with E-state index in [0.717, 1.165) is 38.9 Å². The third kappa shape index (κ3) is 3.80. The van der Waals surface area contributed by atoms with Gasteiger partial charge in [-0.3, -0.25) is 9.69 Å². The topological polar surface area (TPSA) is 58.4 Å². The summed E-state index contributed by atoms with van der Waals surface area (Å²) in [5, 5.41) is 2.95. The van der Waals surface area contributed by atoms with Gasteiger partial charge in [0.05, 0.1) is 6.04 Å². The Balaban J connectivity index is 2.26. The number of nitrogens with one attached hydrogen (secondary N) is 1. The molecule has 0 aromatic heterocycles. The maximum absolute atomic E-state index is 11.7. The maximum atomic E-state index is 11.7. The molecule has 0 aromatic rings. The zero-order valence-electron chi connectivity index (χ0n) is 9.83. The molecular formula is C11H23N3O. The Bertz CT molecular complexity index is 208. The van der Waals surface area contributed by atoms with Gasteiger partial charge in [0, 0.05) is 25.7 Å². The number of likely N-dealkylation sites (tertiary alicyclic amines) is 1. The highest BCUT2D eigenvalue weighted by atomic mass is 16.2. The highest BCUT2D eigenvalue weighted by Crippen LogP contribution is 2.10. The fraction of sp³-hybridized carbons (Fsp3) is 0.909. The van der Waals surface area contributed by atoms with E-state index in [-0.39, 0.29) is 18.0 Å². The minimum atomic E-state index is -0.0320. The van der Waals surface area contributed by atoms with E-state index in [1.807, 2.05) is 6.92 Å². The summed E-state index contributed by atoms with van der Waals surface area (Å²) >= 11 is 0. The number of rotatable bonds is 5. The Kier molecular flexibility index (Phi) is 5.05. The molecule has 2 unspecified atom stereocenters. The van der Waals surface area contributed by atoms with Crippen LogP contribution >= 0.6 is 0 Å². The van der Waals surface area contributed by atoms with Crippen LogP contribution in [0.1, 0.15) is 33.1 Å². The molecule has 0 aliphatic carbocycles. The average molecular weight is 213 g/mol. The summed E-state index contributed by atoms with van der Waals surface area (Å²) in [6.45, 7) is 6.67. The lowest BCUT2D eigenvalue weighted by Gasteiger charge is -2.22. The first-order valence-electron chi connectivity index (χ1n) is 5.92. The van der Waals surface area contributed by atoms with Gasteiger partial charge < -0.3 is 11.1 Å². The molecule has 0 saturated carbocycles. The lowest BCUT2D eigenvalue weighted by Crippen LogP contribution is -2.45. The molecule has 1 aliphatic rings.